The van der Waals surface area contributed by atoms with Crippen LogP contribution in [0.25, 0.3) is 0 Å². The van der Waals surface area contributed by atoms with Crippen LogP contribution in [0.1, 0.15) is 23.2 Å². The molecule has 2 rings (SSSR count). The molecule has 1 saturated heterocycles. The van der Waals surface area contributed by atoms with E-state index in [2.05, 4.69) is 37.2 Å². The largest absolute Gasteiger partial charge is 0.339 e. The lowest BCUT2D eigenvalue weighted by atomic mass is 10.0. The molecule has 1 amide bonds. The maximum absolute atomic E-state index is 12.3. The van der Waals surface area contributed by atoms with Gasteiger partial charge in [-0.25, -0.2) is 0 Å². The van der Waals surface area contributed by atoms with Gasteiger partial charge in [-0.3, -0.25) is 4.79 Å². The van der Waals surface area contributed by atoms with Crippen LogP contribution < -0.4 is 5.32 Å². The van der Waals surface area contributed by atoms with Crippen LogP contribution in [-0.2, 0) is 0 Å². The Morgan fingerprint density at radius 2 is 2.12 bits per heavy atom. The van der Waals surface area contributed by atoms with Crippen molar-refractivity contribution in [3.63, 3.8) is 0 Å². The van der Waals surface area contributed by atoms with Crippen molar-refractivity contribution in [2.24, 2.45) is 0 Å². The number of thiophene rings is 1. The Morgan fingerprint density at radius 3 is 2.65 bits per heavy atom. The third-order valence-electron chi connectivity index (χ3n) is 3.06. The SMILES string of the molecule is CN(C(=O)c1cc(Br)sc1Br)C1CCNCC1. The summed E-state index contributed by atoms with van der Waals surface area (Å²) in [6, 6.07) is 2.24. The predicted molar refractivity (Wildman–Crippen MR) is 77.7 cm³/mol. The van der Waals surface area contributed by atoms with Crippen LogP contribution in [0.4, 0.5) is 0 Å². The minimum Gasteiger partial charge on any atom is -0.339 e. The standard InChI is InChI=1S/C11H14Br2N2OS/c1-15(7-2-4-14-5-3-7)11(16)8-6-9(12)17-10(8)13/h6-7,14H,2-5H2,1H3. The second-order valence-electron chi connectivity index (χ2n) is 4.14. The lowest BCUT2D eigenvalue weighted by molar-refractivity contribution is 0.0703. The van der Waals surface area contributed by atoms with Gasteiger partial charge in [-0.05, 0) is 63.9 Å². The van der Waals surface area contributed by atoms with Crippen molar-refractivity contribution >= 4 is 49.1 Å². The van der Waals surface area contributed by atoms with Crippen LogP contribution in [0.15, 0.2) is 13.6 Å². The molecule has 0 aromatic carbocycles. The Labute approximate surface area is 122 Å². The summed E-state index contributed by atoms with van der Waals surface area (Å²) in [6.45, 7) is 1.99. The molecule has 3 nitrogen and oxygen atoms in total. The van der Waals surface area contributed by atoms with E-state index in [0.29, 0.717) is 6.04 Å². The van der Waals surface area contributed by atoms with Gasteiger partial charge in [0.2, 0.25) is 0 Å². The van der Waals surface area contributed by atoms with Crippen LogP contribution >= 0.6 is 43.2 Å². The zero-order valence-electron chi connectivity index (χ0n) is 9.50. The molecule has 1 aliphatic heterocycles. The quantitative estimate of drug-likeness (QED) is 0.853. The van der Waals surface area contributed by atoms with Gasteiger partial charge in [-0.2, -0.15) is 0 Å². The normalized spacial score (nSPS) is 17.1. The average Bonchev–Trinajstić information content (AvgIpc) is 2.68. The van der Waals surface area contributed by atoms with Crippen molar-refractivity contribution in [1.29, 1.82) is 0 Å². The molecular formula is C11H14Br2N2OS. The van der Waals surface area contributed by atoms with Gasteiger partial charge >= 0.3 is 0 Å². The molecule has 94 valence electrons. The first-order valence-corrected chi connectivity index (χ1v) is 7.92. The highest BCUT2D eigenvalue weighted by molar-refractivity contribution is 9.12. The van der Waals surface area contributed by atoms with Crippen LogP contribution in [0, 0.1) is 0 Å². The molecule has 0 radical (unpaired) electrons. The number of amides is 1. The topological polar surface area (TPSA) is 32.3 Å². The fourth-order valence-electron chi connectivity index (χ4n) is 2.04. The molecule has 1 aliphatic rings. The van der Waals surface area contributed by atoms with Gasteiger partial charge in [0.15, 0.2) is 0 Å². The summed E-state index contributed by atoms with van der Waals surface area (Å²) in [5, 5.41) is 3.31. The monoisotopic (exact) mass is 380 g/mol. The van der Waals surface area contributed by atoms with Crippen LogP contribution in [0.2, 0.25) is 0 Å². The highest BCUT2D eigenvalue weighted by Gasteiger charge is 2.25. The Morgan fingerprint density at radius 1 is 1.47 bits per heavy atom. The third-order valence-corrected chi connectivity index (χ3v) is 5.40. The lowest BCUT2D eigenvalue weighted by Crippen LogP contribution is -2.43. The second kappa shape index (κ2) is 5.82. The molecule has 6 heteroatoms. The van der Waals surface area contributed by atoms with Crippen LogP contribution in [0.5, 0.6) is 0 Å². The number of nitrogens with zero attached hydrogens (tertiary/aromatic N) is 1. The molecule has 1 N–H and O–H groups in total. The third kappa shape index (κ3) is 3.10. The van der Waals surface area contributed by atoms with E-state index in [0.717, 1.165) is 39.1 Å². The van der Waals surface area contributed by atoms with Gasteiger partial charge < -0.3 is 10.2 Å². The predicted octanol–water partition coefficient (Wildman–Crippen LogP) is 3.10. The molecule has 2 heterocycles. The first-order chi connectivity index (χ1) is 8.09. The molecular weight excluding hydrogens is 368 g/mol. The Balaban J connectivity index is 2.11. The van der Waals surface area contributed by atoms with Gasteiger partial charge in [0.05, 0.1) is 13.1 Å². The first-order valence-electron chi connectivity index (χ1n) is 5.52. The minimum atomic E-state index is 0.103. The number of carbonyl (C=O) groups excluding carboxylic acids is 1. The number of hydrogen-bond donors (Lipinski definition) is 1. The molecule has 1 aromatic rings. The van der Waals surface area contributed by atoms with E-state index in [9.17, 15) is 4.79 Å². The summed E-state index contributed by atoms with van der Waals surface area (Å²) in [6.07, 6.45) is 2.07. The molecule has 1 fully saturated rings. The van der Waals surface area contributed by atoms with Gasteiger partial charge in [-0.1, -0.05) is 0 Å². The maximum atomic E-state index is 12.3. The summed E-state index contributed by atoms with van der Waals surface area (Å²) >= 11 is 8.38. The zero-order chi connectivity index (χ0) is 12.4. The van der Waals surface area contributed by atoms with Crippen molar-refractivity contribution in [2.45, 2.75) is 18.9 Å². The molecule has 0 saturated carbocycles. The van der Waals surface area contributed by atoms with Crippen LogP contribution in [0.3, 0.4) is 0 Å². The van der Waals surface area contributed by atoms with E-state index < -0.39 is 0 Å². The summed E-state index contributed by atoms with van der Waals surface area (Å²) in [5.74, 6) is 0.103. The number of nitrogens with one attached hydrogen (secondary N) is 1. The Hall–Kier alpha value is 0.0900. The van der Waals surface area contributed by atoms with E-state index >= 15 is 0 Å². The van der Waals surface area contributed by atoms with Crippen molar-refractivity contribution in [3.8, 4) is 0 Å². The number of rotatable bonds is 2. The van der Waals surface area contributed by atoms with Gasteiger partial charge in [0.1, 0.15) is 0 Å². The fourth-order valence-corrected chi connectivity index (χ4v) is 4.81. The molecule has 0 unspecified atom stereocenters. The number of hydrogen-bond acceptors (Lipinski definition) is 3. The molecule has 0 bridgehead atoms. The van der Waals surface area contributed by atoms with E-state index in [1.807, 2.05) is 18.0 Å². The summed E-state index contributed by atoms with van der Waals surface area (Å²) in [5.41, 5.74) is 0.753. The first kappa shape index (κ1) is 13.5. The fraction of sp³-hybridized carbons (Fsp3) is 0.545. The number of piperidine rings is 1. The molecule has 0 atom stereocenters. The summed E-state index contributed by atoms with van der Waals surface area (Å²) < 4.78 is 1.88. The highest BCUT2D eigenvalue weighted by atomic mass is 79.9. The van der Waals surface area contributed by atoms with Crippen molar-refractivity contribution in [2.75, 3.05) is 20.1 Å². The molecule has 0 aliphatic carbocycles. The van der Waals surface area contributed by atoms with Crippen LogP contribution in [-0.4, -0.2) is 37.0 Å². The summed E-state index contributed by atoms with van der Waals surface area (Å²) in [4.78, 5) is 14.2. The molecule has 1 aromatic heterocycles. The number of halogens is 2. The minimum absolute atomic E-state index is 0.103. The van der Waals surface area contributed by atoms with E-state index in [1.54, 1.807) is 0 Å². The Bertz CT molecular complexity index is 416. The highest BCUT2D eigenvalue weighted by Crippen LogP contribution is 2.33. The second-order valence-corrected chi connectivity index (χ2v) is 7.88. The molecule has 0 spiro atoms. The summed E-state index contributed by atoms with van der Waals surface area (Å²) in [7, 11) is 1.90. The lowest BCUT2D eigenvalue weighted by Gasteiger charge is -2.31. The van der Waals surface area contributed by atoms with E-state index in [4.69, 9.17) is 0 Å². The average molecular weight is 382 g/mol. The zero-order valence-corrected chi connectivity index (χ0v) is 13.5. The Kier molecular flexibility index (Phi) is 4.63. The van der Waals surface area contributed by atoms with Crippen molar-refractivity contribution < 1.29 is 4.79 Å². The van der Waals surface area contributed by atoms with Crippen molar-refractivity contribution in [3.05, 3.63) is 19.2 Å². The van der Waals surface area contributed by atoms with Crippen molar-refractivity contribution in [1.82, 2.24) is 10.2 Å². The van der Waals surface area contributed by atoms with Gasteiger partial charge in [0.25, 0.3) is 5.91 Å². The van der Waals surface area contributed by atoms with E-state index in [-0.39, 0.29) is 5.91 Å². The van der Waals surface area contributed by atoms with Gasteiger partial charge in [-0.15, -0.1) is 11.3 Å². The number of carbonyl (C=O) groups is 1. The molecule has 17 heavy (non-hydrogen) atoms. The smallest absolute Gasteiger partial charge is 0.255 e. The maximum Gasteiger partial charge on any atom is 0.255 e. The van der Waals surface area contributed by atoms with Gasteiger partial charge in [0, 0.05) is 13.1 Å². The van der Waals surface area contributed by atoms with E-state index in [1.165, 1.54) is 11.3 Å².